The second-order valence-electron chi connectivity index (χ2n) is 3.71. The summed E-state index contributed by atoms with van der Waals surface area (Å²) in [7, 11) is 0. The van der Waals surface area contributed by atoms with Crippen LogP contribution in [0.3, 0.4) is 0 Å². The summed E-state index contributed by atoms with van der Waals surface area (Å²) in [5.74, 6) is 0.648. The topological polar surface area (TPSA) is 51.8 Å². The maximum atomic E-state index is 11.7. The molecule has 1 aromatic heterocycles. The van der Waals surface area contributed by atoms with E-state index < -0.39 is 5.91 Å². The van der Waals surface area contributed by atoms with Gasteiger partial charge < -0.3 is 9.15 Å². The van der Waals surface area contributed by atoms with Gasteiger partial charge in [-0.3, -0.25) is 4.79 Å². The van der Waals surface area contributed by atoms with Gasteiger partial charge in [0.1, 0.15) is 5.76 Å². The summed E-state index contributed by atoms with van der Waals surface area (Å²) in [6, 6.07) is 12.8. The third-order valence-corrected chi connectivity index (χ3v) is 2.46. The van der Waals surface area contributed by atoms with Crippen LogP contribution in [0, 0.1) is 0 Å². The fraction of sp³-hybridized carbons (Fsp3) is 0. The Labute approximate surface area is 103 Å². The number of amides is 1. The second-order valence-corrected chi connectivity index (χ2v) is 3.71. The number of rotatable bonds is 2. The van der Waals surface area contributed by atoms with Gasteiger partial charge in [0.05, 0.1) is 6.26 Å². The summed E-state index contributed by atoms with van der Waals surface area (Å²) in [6.45, 7) is 0. The van der Waals surface area contributed by atoms with Crippen molar-refractivity contribution in [1.82, 2.24) is 0 Å². The Morgan fingerprint density at radius 2 is 1.89 bits per heavy atom. The molecule has 0 aliphatic carbocycles. The highest BCUT2D eigenvalue weighted by Crippen LogP contribution is 2.19. The number of hydrogen-bond donors (Lipinski definition) is 0. The first-order chi connectivity index (χ1) is 8.83. The fourth-order valence-electron chi connectivity index (χ4n) is 1.62. The third kappa shape index (κ3) is 1.96. The highest BCUT2D eigenvalue weighted by Gasteiger charge is 2.24. The van der Waals surface area contributed by atoms with Crippen molar-refractivity contribution in [2.75, 3.05) is 0 Å². The Bertz CT molecular complexity index is 624. The van der Waals surface area contributed by atoms with Gasteiger partial charge in [-0.2, -0.15) is 4.99 Å². The van der Waals surface area contributed by atoms with Crippen LogP contribution in [0.15, 0.2) is 63.9 Å². The lowest BCUT2D eigenvalue weighted by atomic mass is 10.2. The Morgan fingerprint density at radius 1 is 1.06 bits per heavy atom. The molecule has 1 aliphatic heterocycles. The first-order valence-electron chi connectivity index (χ1n) is 5.44. The van der Waals surface area contributed by atoms with Crippen LogP contribution in [0.25, 0.3) is 6.08 Å². The minimum Gasteiger partial charge on any atom is -0.465 e. The molecular weight excluding hydrogens is 230 g/mol. The van der Waals surface area contributed by atoms with Crippen LogP contribution in [0.5, 0.6) is 0 Å². The molecule has 0 atom stereocenters. The molecule has 3 rings (SSSR count). The van der Waals surface area contributed by atoms with E-state index in [9.17, 15) is 4.79 Å². The summed E-state index contributed by atoms with van der Waals surface area (Å²) in [6.07, 6.45) is 3.06. The van der Waals surface area contributed by atoms with Gasteiger partial charge in [0.2, 0.25) is 5.90 Å². The van der Waals surface area contributed by atoms with Crippen molar-refractivity contribution in [3.63, 3.8) is 0 Å². The number of carbonyl (C=O) groups excluding carboxylic acids is 1. The number of carbonyl (C=O) groups is 1. The molecule has 18 heavy (non-hydrogen) atoms. The summed E-state index contributed by atoms with van der Waals surface area (Å²) in [4.78, 5) is 15.5. The largest absolute Gasteiger partial charge is 0.465 e. The molecule has 0 saturated heterocycles. The average Bonchev–Trinajstić information content (AvgIpc) is 3.02. The Balaban J connectivity index is 1.87. The predicted octanol–water partition coefficient (Wildman–Crippen LogP) is 2.62. The van der Waals surface area contributed by atoms with Crippen molar-refractivity contribution in [3.8, 4) is 0 Å². The van der Waals surface area contributed by atoms with Crippen LogP contribution < -0.4 is 0 Å². The number of furan rings is 1. The number of hydrogen-bond acceptors (Lipinski definition) is 3. The van der Waals surface area contributed by atoms with Crippen molar-refractivity contribution >= 4 is 17.9 Å². The van der Waals surface area contributed by atoms with E-state index in [-0.39, 0.29) is 5.76 Å². The first-order valence-corrected chi connectivity index (χ1v) is 5.44. The van der Waals surface area contributed by atoms with E-state index >= 15 is 0 Å². The van der Waals surface area contributed by atoms with E-state index in [0.29, 0.717) is 11.7 Å². The highest BCUT2D eigenvalue weighted by atomic mass is 16.5. The number of ether oxygens (including phenoxy) is 1. The van der Waals surface area contributed by atoms with Crippen LogP contribution in [0.1, 0.15) is 11.3 Å². The van der Waals surface area contributed by atoms with Gasteiger partial charge in [-0.1, -0.05) is 18.2 Å². The molecule has 0 spiro atoms. The number of benzene rings is 1. The molecule has 0 N–H and O–H groups in total. The van der Waals surface area contributed by atoms with Gasteiger partial charge in [0, 0.05) is 11.6 Å². The number of aliphatic imine (C=N–C) groups is 1. The monoisotopic (exact) mass is 239 g/mol. The summed E-state index contributed by atoms with van der Waals surface area (Å²) in [5.41, 5.74) is 0.772. The van der Waals surface area contributed by atoms with E-state index in [1.807, 2.05) is 30.3 Å². The van der Waals surface area contributed by atoms with Gasteiger partial charge >= 0.3 is 5.91 Å². The SMILES string of the molecule is O=C1N=C(c2ccccc2)O/C1=C\c1ccco1. The van der Waals surface area contributed by atoms with Crippen LogP contribution in [-0.4, -0.2) is 11.8 Å². The molecule has 2 aromatic rings. The lowest BCUT2D eigenvalue weighted by Crippen LogP contribution is -1.99. The molecule has 0 saturated carbocycles. The highest BCUT2D eigenvalue weighted by molar-refractivity contribution is 6.13. The predicted molar refractivity (Wildman–Crippen MR) is 65.8 cm³/mol. The van der Waals surface area contributed by atoms with Gasteiger partial charge in [0.25, 0.3) is 0 Å². The third-order valence-electron chi connectivity index (χ3n) is 2.46. The fourth-order valence-corrected chi connectivity index (χ4v) is 1.62. The first kappa shape index (κ1) is 10.5. The van der Waals surface area contributed by atoms with Gasteiger partial charge in [-0.05, 0) is 24.3 Å². The van der Waals surface area contributed by atoms with E-state index in [2.05, 4.69) is 4.99 Å². The van der Waals surface area contributed by atoms with Crippen LogP contribution in [0.4, 0.5) is 0 Å². The minimum absolute atomic E-state index is 0.170. The van der Waals surface area contributed by atoms with Gasteiger partial charge in [-0.15, -0.1) is 0 Å². The zero-order valence-electron chi connectivity index (χ0n) is 9.37. The summed E-state index contributed by atoms with van der Waals surface area (Å²) < 4.78 is 10.6. The molecule has 88 valence electrons. The maximum Gasteiger partial charge on any atom is 0.316 e. The van der Waals surface area contributed by atoms with Crippen molar-refractivity contribution in [1.29, 1.82) is 0 Å². The molecule has 0 fully saturated rings. The second kappa shape index (κ2) is 4.33. The van der Waals surface area contributed by atoms with E-state index in [1.165, 1.54) is 12.3 Å². The smallest absolute Gasteiger partial charge is 0.316 e. The quantitative estimate of drug-likeness (QED) is 0.757. The van der Waals surface area contributed by atoms with Crippen LogP contribution in [0.2, 0.25) is 0 Å². The van der Waals surface area contributed by atoms with Crippen molar-refractivity contribution in [3.05, 3.63) is 65.8 Å². The van der Waals surface area contributed by atoms with Crippen molar-refractivity contribution in [2.24, 2.45) is 4.99 Å². The Kier molecular flexibility index (Phi) is 2.53. The lowest BCUT2D eigenvalue weighted by molar-refractivity contribution is -0.115. The average molecular weight is 239 g/mol. The van der Waals surface area contributed by atoms with E-state index in [4.69, 9.17) is 9.15 Å². The molecule has 4 nitrogen and oxygen atoms in total. The van der Waals surface area contributed by atoms with Gasteiger partial charge in [-0.25, -0.2) is 0 Å². The zero-order chi connectivity index (χ0) is 12.4. The standard InChI is InChI=1S/C14H9NO3/c16-13-12(9-11-7-4-8-17-11)18-14(15-13)10-5-2-1-3-6-10/h1-9H/b12-9-. The normalized spacial score (nSPS) is 16.8. The van der Waals surface area contributed by atoms with Crippen molar-refractivity contribution < 1.29 is 13.9 Å². The molecule has 1 amide bonds. The summed E-state index contributed by atoms with van der Waals surface area (Å²) in [5, 5.41) is 0. The molecule has 2 heterocycles. The van der Waals surface area contributed by atoms with E-state index in [1.54, 1.807) is 12.1 Å². The summed E-state index contributed by atoms with van der Waals surface area (Å²) >= 11 is 0. The lowest BCUT2D eigenvalue weighted by Gasteiger charge is -2.00. The molecule has 1 aromatic carbocycles. The molecule has 0 unspecified atom stereocenters. The Hall–Kier alpha value is -2.62. The molecule has 1 aliphatic rings. The zero-order valence-corrected chi connectivity index (χ0v) is 9.37. The molecular formula is C14H9NO3. The van der Waals surface area contributed by atoms with Crippen molar-refractivity contribution in [2.45, 2.75) is 0 Å². The van der Waals surface area contributed by atoms with E-state index in [0.717, 1.165) is 5.56 Å². The molecule has 0 bridgehead atoms. The van der Waals surface area contributed by atoms with Gasteiger partial charge in [0.15, 0.2) is 5.76 Å². The number of nitrogens with zero attached hydrogens (tertiary/aromatic N) is 1. The van der Waals surface area contributed by atoms with Crippen LogP contribution >= 0.6 is 0 Å². The van der Waals surface area contributed by atoms with Crippen LogP contribution in [-0.2, 0) is 9.53 Å². The maximum absolute atomic E-state index is 11.7. The molecule has 0 radical (unpaired) electrons. The Morgan fingerprint density at radius 3 is 2.61 bits per heavy atom. The molecule has 4 heteroatoms. The minimum atomic E-state index is -0.398.